The van der Waals surface area contributed by atoms with Gasteiger partial charge in [0.05, 0.1) is 6.61 Å². The number of nitrogens with zero attached hydrogens (tertiary/aromatic N) is 1. The van der Waals surface area contributed by atoms with Crippen molar-refractivity contribution in [3.63, 3.8) is 0 Å². The average Bonchev–Trinajstić information content (AvgIpc) is 2.55. The maximum Gasteiger partial charge on any atom is 0.0864 e. The monoisotopic (exact) mass is 267 g/mol. The van der Waals surface area contributed by atoms with Crippen LogP contribution in [0.4, 0.5) is 0 Å². The summed E-state index contributed by atoms with van der Waals surface area (Å²) in [5.41, 5.74) is 2.49. The maximum absolute atomic E-state index is 5.20. The molecule has 0 spiro atoms. The van der Waals surface area contributed by atoms with E-state index < -0.39 is 0 Å². The summed E-state index contributed by atoms with van der Waals surface area (Å²) in [6.45, 7) is 3.79. The van der Waals surface area contributed by atoms with Crippen LogP contribution in [-0.4, -0.2) is 11.7 Å². The normalized spacial score (nSPS) is 11.1. The van der Waals surface area contributed by atoms with Gasteiger partial charge in [0, 0.05) is 34.7 Å². The van der Waals surface area contributed by atoms with E-state index in [4.69, 9.17) is 4.74 Å². The van der Waals surface area contributed by atoms with E-state index in [0.717, 1.165) is 11.0 Å². The van der Waals surface area contributed by atoms with E-state index in [1.807, 2.05) is 0 Å². The molecule has 2 aromatic rings. The molecule has 0 aliphatic carbocycles. The van der Waals surface area contributed by atoms with E-state index >= 15 is 0 Å². The third kappa shape index (κ3) is 1.94. The molecule has 0 saturated heterocycles. The number of hydrogen-bond donors (Lipinski definition) is 0. The van der Waals surface area contributed by atoms with Crippen LogP contribution in [0.25, 0.3) is 10.9 Å². The zero-order valence-corrected chi connectivity index (χ0v) is 10.5. The van der Waals surface area contributed by atoms with Gasteiger partial charge in [-0.15, -0.1) is 0 Å². The van der Waals surface area contributed by atoms with Gasteiger partial charge in [0.2, 0.25) is 0 Å². The zero-order valence-electron chi connectivity index (χ0n) is 8.96. The summed E-state index contributed by atoms with van der Waals surface area (Å²) in [4.78, 5) is 0. The molecule has 0 amide bonds. The summed E-state index contributed by atoms with van der Waals surface area (Å²) in [7, 11) is 1.73. The molecule has 80 valence electrons. The molecule has 15 heavy (non-hydrogen) atoms. The van der Waals surface area contributed by atoms with E-state index in [1.165, 1.54) is 16.6 Å². The SMILES string of the molecule is CCn1c(COC)cc2ccc(Br)cc21. The first-order valence-corrected chi connectivity index (χ1v) is 5.82. The highest BCUT2D eigenvalue weighted by atomic mass is 79.9. The van der Waals surface area contributed by atoms with Gasteiger partial charge >= 0.3 is 0 Å². The minimum absolute atomic E-state index is 0.667. The second-order valence-electron chi connectivity index (χ2n) is 3.52. The molecule has 0 bridgehead atoms. The largest absolute Gasteiger partial charge is 0.378 e. The van der Waals surface area contributed by atoms with Crippen LogP contribution in [0.5, 0.6) is 0 Å². The number of hydrogen-bond acceptors (Lipinski definition) is 1. The summed E-state index contributed by atoms with van der Waals surface area (Å²) < 4.78 is 8.60. The van der Waals surface area contributed by atoms with Crippen molar-refractivity contribution in [2.45, 2.75) is 20.1 Å². The number of aromatic nitrogens is 1. The Morgan fingerprint density at radius 3 is 2.80 bits per heavy atom. The Morgan fingerprint density at radius 1 is 1.33 bits per heavy atom. The second kappa shape index (κ2) is 4.37. The number of benzene rings is 1. The van der Waals surface area contributed by atoms with Crippen LogP contribution in [0.1, 0.15) is 12.6 Å². The van der Waals surface area contributed by atoms with Gasteiger partial charge in [0.25, 0.3) is 0 Å². The molecule has 0 atom stereocenters. The Bertz CT molecular complexity index is 476. The Kier molecular flexibility index (Phi) is 3.12. The Morgan fingerprint density at radius 2 is 2.13 bits per heavy atom. The highest BCUT2D eigenvalue weighted by molar-refractivity contribution is 9.10. The minimum atomic E-state index is 0.667. The highest BCUT2D eigenvalue weighted by Gasteiger charge is 2.07. The molecule has 0 radical (unpaired) electrons. The fourth-order valence-electron chi connectivity index (χ4n) is 1.93. The lowest BCUT2D eigenvalue weighted by molar-refractivity contribution is 0.178. The fraction of sp³-hybridized carbons (Fsp3) is 0.333. The summed E-state index contributed by atoms with van der Waals surface area (Å²) in [6.07, 6.45) is 0. The van der Waals surface area contributed by atoms with Crippen molar-refractivity contribution in [3.8, 4) is 0 Å². The van der Waals surface area contributed by atoms with Crippen LogP contribution in [0, 0.1) is 0 Å². The van der Waals surface area contributed by atoms with Crippen molar-refractivity contribution in [3.05, 3.63) is 34.4 Å². The zero-order chi connectivity index (χ0) is 10.8. The van der Waals surface area contributed by atoms with Crippen molar-refractivity contribution < 1.29 is 4.74 Å². The molecule has 1 heterocycles. The van der Waals surface area contributed by atoms with E-state index in [2.05, 4.69) is 51.7 Å². The number of rotatable bonds is 3. The predicted octanol–water partition coefficient (Wildman–Crippen LogP) is 3.57. The molecule has 0 aliphatic rings. The predicted molar refractivity (Wildman–Crippen MR) is 66.0 cm³/mol. The number of methoxy groups -OCH3 is 1. The van der Waals surface area contributed by atoms with E-state index in [-0.39, 0.29) is 0 Å². The van der Waals surface area contributed by atoms with E-state index in [0.29, 0.717) is 6.61 Å². The van der Waals surface area contributed by atoms with Gasteiger partial charge in [-0.1, -0.05) is 22.0 Å². The molecule has 3 heteroatoms. The topological polar surface area (TPSA) is 14.2 Å². The van der Waals surface area contributed by atoms with Crippen LogP contribution >= 0.6 is 15.9 Å². The molecule has 1 aromatic heterocycles. The van der Waals surface area contributed by atoms with Crippen LogP contribution in [-0.2, 0) is 17.9 Å². The van der Waals surface area contributed by atoms with Gasteiger partial charge in [0.1, 0.15) is 0 Å². The number of fused-ring (bicyclic) bond motifs is 1. The van der Waals surface area contributed by atoms with Gasteiger partial charge in [-0.25, -0.2) is 0 Å². The highest BCUT2D eigenvalue weighted by Crippen LogP contribution is 2.24. The lowest BCUT2D eigenvalue weighted by Crippen LogP contribution is -2.01. The quantitative estimate of drug-likeness (QED) is 0.830. The standard InChI is InChI=1S/C12H14BrNO/c1-3-14-11(8-15-2)6-9-4-5-10(13)7-12(9)14/h4-7H,3,8H2,1-2H3. The van der Waals surface area contributed by atoms with E-state index in [1.54, 1.807) is 7.11 Å². The third-order valence-corrected chi connectivity index (χ3v) is 3.05. The minimum Gasteiger partial charge on any atom is -0.378 e. The molecular formula is C12H14BrNO. The first-order chi connectivity index (χ1) is 7.26. The first kappa shape index (κ1) is 10.7. The van der Waals surface area contributed by atoms with Crippen LogP contribution in [0.3, 0.4) is 0 Å². The van der Waals surface area contributed by atoms with Gasteiger partial charge < -0.3 is 9.30 Å². The van der Waals surface area contributed by atoms with Crippen molar-refractivity contribution in [1.82, 2.24) is 4.57 Å². The fourth-order valence-corrected chi connectivity index (χ4v) is 2.27. The number of halogens is 1. The lowest BCUT2D eigenvalue weighted by Gasteiger charge is -2.06. The molecule has 2 nitrogen and oxygen atoms in total. The van der Waals surface area contributed by atoms with Gasteiger partial charge in [-0.05, 0) is 25.1 Å². The molecule has 0 saturated carbocycles. The lowest BCUT2D eigenvalue weighted by atomic mass is 10.2. The van der Waals surface area contributed by atoms with Crippen molar-refractivity contribution in [2.75, 3.05) is 7.11 Å². The summed E-state index contributed by atoms with van der Waals surface area (Å²) in [5.74, 6) is 0. The van der Waals surface area contributed by atoms with Crippen LogP contribution in [0.15, 0.2) is 28.7 Å². The smallest absolute Gasteiger partial charge is 0.0864 e. The molecule has 1 aromatic carbocycles. The molecule has 0 aliphatic heterocycles. The Balaban J connectivity index is 2.63. The summed E-state index contributed by atoms with van der Waals surface area (Å²) >= 11 is 3.50. The molecular weight excluding hydrogens is 254 g/mol. The first-order valence-electron chi connectivity index (χ1n) is 5.03. The molecule has 0 unspecified atom stereocenters. The second-order valence-corrected chi connectivity index (χ2v) is 4.43. The molecule has 0 N–H and O–H groups in total. The third-order valence-electron chi connectivity index (χ3n) is 2.56. The van der Waals surface area contributed by atoms with Crippen LogP contribution in [0.2, 0.25) is 0 Å². The number of ether oxygens (including phenoxy) is 1. The Labute approximate surface area is 98.0 Å². The summed E-state index contributed by atoms with van der Waals surface area (Å²) in [6, 6.07) is 8.54. The average molecular weight is 268 g/mol. The van der Waals surface area contributed by atoms with Crippen LogP contribution < -0.4 is 0 Å². The van der Waals surface area contributed by atoms with Crippen molar-refractivity contribution in [1.29, 1.82) is 0 Å². The molecule has 0 fully saturated rings. The van der Waals surface area contributed by atoms with Crippen molar-refractivity contribution in [2.24, 2.45) is 0 Å². The van der Waals surface area contributed by atoms with Crippen molar-refractivity contribution >= 4 is 26.8 Å². The van der Waals surface area contributed by atoms with Gasteiger partial charge in [-0.2, -0.15) is 0 Å². The van der Waals surface area contributed by atoms with Gasteiger partial charge in [-0.3, -0.25) is 0 Å². The molecule has 2 rings (SSSR count). The van der Waals surface area contributed by atoms with Gasteiger partial charge in [0.15, 0.2) is 0 Å². The summed E-state index contributed by atoms with van der Waals surface area (Å²) in [5, 5.41) is 1.27. The number of aryl methyl sites for hydroxylation is 1. The van der Waals surface area contributed by atoms with E-state index in [9.17, 15) is 0 Å². The Hall–Kier alpha value is -0.800. The maximum atomic E-state index is 5.20.